The van der Waals surface area contributed by atoms with Crippen molar-refractivity contribution in [2.45, 2.75) is 50.7 Å². The highest BCUT2D eigenvalue weighted by atomic mass is 16.5. The van der Waals surface area contributed by atoms with E-state index in [-0.39, 0.29) is 0 Å². The normalized spacial score (nSPS) is 54.5. The first-order valence-corrected chi connectivity index (χ1v) is 5.10. The van der Waals surface area contributed by atoms with Crippen molar-refractivity contribution in [3.63, 3.8) is 0 Å². The molecule has 1 heteroatoms. The Kier molecular flexibility index (Phi) is 1.31. The van der Waals surface area contributed by atoms with Gasteiger partial charge in [0.2, 0.25) is 0 Å². The molecule has 3 rings (SSSR count). The van der Waals surface area contributed by atoms with E-state index in [2.05, 4.69) is 0 Å². The number of fused-ring (bicyclic) bond motifs is 5. The minimum atomic E-state index is 0.685. The van der Waals surface area contributed by atoms with Crippen LogP contribution in [-0.2, 0) is 4.74 Å². The summed E-state index contributed by atoms with van der Waals surface area (Å²) in [4.78, 5) is 0. The third kappa shape index (κ3) is 0.807. The zero-order valence-electron chi connectivity index (χ0n) is 6.96. The molecule has 0 aromatic carbocycles. The Bertz CT molecular complexity index is 148. The van der Waals surface area contributed by atoms with Crippen LogP contribution in [0.25, 0.3) is 0 Å². The first kappa shape index (κ1) is 6.47. The van der Waals surface area contributed by atoms with Crippen LogP contribution in [0.4, 0.5) is 0 Å². The summed E-state index contributed by atoms with van der Waals surface area (Å²) in [5.74, 6) is 1.95. The number of rotatable bonds is 0. The third-order valence-corrected chi connectivity index (χ3v) is 3.92. The van der Waals surface area contributed by atoms with Gasteiger partial charge in [-0.2, -0.15) is 0 Å². The average Bonchev–Trinajstić information content (AvgIpc) is 2.64. The van der Waals surface area contributed by atoms with Gasteiger partial charge in [0, 0.05) is 0 Å². The molecule has 2 aliphatic heterocycles. The van der Waals surface area contributed by atoms with Crippen LogP contribution >= 0.6 is 0 Å². The van der Waals surface area contributed by atoms with Crippen molar-refractivity contribution in [3.8, 4) is 0 Å². The highest BCUT2D eigenvalue weighted by molar-refractivity contribution is 4.97. The lowest BCUT2D eigenvalue weighted by atomic mass is 9.71. The number of hydrogen-bond acceptors (Lipinski definition) is 1. The molecule has 62 valence electrons. The molecule has 3 fully saturated rings. The average molecular weight is 152 g/mol. The van der Waals surface area contributed by atoms with Gasteiger partial charge in [-0.1, -0.05) is 12.8 Å². The van der Waals surface area contributed by atoms with E-state index in [0.717, 1.165) is 11.8 Å². The van der Waals surface area contributed by atoms with Crippen molar-refractivity contribution in [1.82, 2.24) is 0 Å². The van der Waals surface area contributed by atoms with E-state index in [1.54, 1.807) is 0 Å². The van der Waals surface area contributed by atoms with E-state index in [4.69, 9.17) is 4.74 Å². The van der Waals surface area contributed by atoms with Gasteiger partial charge in [0.05, 0.1) is 12.2 Å². The highest BCUT2D eigenvalue weighted by Gasteiger charge is 2.48. The van der Waals surface area contributed by atoms with Gasteiger partial charge in [0.15, 0.2) is 0 Å². The van der Waals surface area contributed by atoms with Gasteiger partial charge in [0.25, 0.3) is 0 Å². The molecule has 0 amide bonds. The minimum absolute atomic E-state index is 0.685. The van der Waals surface area contributed by atoms with Crippen molar-refractivity contribution >= 4 is 0 Å². The molecule has 2 heterocycles. The lowest BCUT2D eigenvalue weighted by molar-refractivity contribution is 0.0876. The van der Waals surface area contributed by atoms with Crippen molar-refractivity contribution in [2.24, 2.45) is 11.8 Å². The summed E-state index contributed by atoms with van der Waals surface area (Å²) in [5, 5.41) is 0. The van der Waals surface area contributed by atoms with Gasteiger partial charge in [-0.05, 0) is 37.5 Å². The minimum Gasteiger partial charge on any atom is -0.374 e. The molecular formula is C10H16O. The lowest BCUT2D eigenvalue weighted by Crippen LogP contribution is -2.29. The van der Waals surface area contributed by atoms with Crippen LogP contribution in [0, 0.1) is 11.8 Å². The predicted molar refractivity (Wildman–Crippen MR) is 43.3 cm³/mol. The molecule has 11 heavy (non-hydrogen) atoms. The largest absolute Gasteiger partial charge is 0.374 e. The first-order chi connectivity index (χ1) is 5.45. The van der Waals surface area contributed by atoms with E-state index in [1.165, 1.54) is 38.5 Å². The van der Waals surface area contributed by atoms with Gasteiger partial charge in [-0.25, -0.2) is 0 Å². The Labute approximate surface area is 68.1 Å². The van der Waals surface area contributed by atoms with Crippen LogP contribution < -0.4 is 0 Å². The molecule has 0 unspecified atom stereocenters. The maximum Gasteiger partial charge on any atom is 0.0611 e. The Hall–Kier alpha value is -0.0400. The SMILES string of the molecule is C1CC[C@H]2[C@@H](C1)[C@H]1CC[C@H]2O1. The second kappa shape index (κ2) is 2.22. The summed E-state index contributed by atoms with van der Waals surface area (Å²) in [7, 11) is 0. The molecule has 1 aliphatic carbocycles. The Balaban J connectivity index is 1.84. The van der Waals surface area contributed by atoms with E-state index in [9.17, 15) is 0 Å². The second-order valence-corrected chi connectivity index (χ2v) is 4.40. The standard InChI is InChI=1S/C10H16O/c1-2-4-8-7(3-1)9-5-6-10(8)11-9/h7-10H,1-6H2/t7-,8+,9-,10-/m1/s1. The fraction of sp³-hybridized carbons (Fsp3) is 1.00. The lowest BCUT2D eigenvalue weighted by Gasteiger charge is -2.31. The summed E-state index contributed by atoms with van der Waals surface area (Å²) in [5.41, 5.74) is 0. The first-order valence-electron chi connectivity index (χ1n) is 5.10. The summed E-state index contributed by atoms with van der Waals surface area (Å²) in [6.07, 6.45) is 9.96. The van der Waals surface area contributed by atoms with Gasteiger partial charge >= 0.3 is 0 Å². The summed E-state index contributed by atoms with van der Waals surface area (Å²) >= 11 is 0. The van der Waals surface area contributed by atoms with E-state index < -0.39 is 0 Å². The Morgan fingerprint density at radius 1 is 0.727 bits per heavy atom. The Morgan fingerprint density at radius 2 is 1.27 bits per heavy atom. The second-order valence-electron chi connectivity index (χ2n) is 4.40. The summed E-state index contributed by atoms with van der Waals surface area (Å²) in [6, 6.07) is 0. The maximum absolute atomic E-state index is 5.92. The van der Waals surface area contributed by atoms with Crippen molar-refractivity contribution in [2.75, 3.05) is 0 Å². The third-order valence-electron chi connectivity index (χ3n) is 3.92. The molecule has 0 aromatic heterocycles. The van der Waals surface area contributed by atoms with E-state index in [0.29, 0.717) is 12.2 Å². The molecular weight excluding hydrogens is 136 g/mol. The molecule has 4 atom stereocenters. The predicted octanol–water partition coefficient (Wildman–Crippen LogP) is 2.35. The van der Waals surface area contributed by atoms with Crippen LogP contribution in [0.3, 0.4) is 0 Å². The molecule has 1 saturated carbocycles. The van der Waals surface area contributed by atoms with Crippen molar-refractivity contribution in [3.05, 3.63) is 0 Å². The number of ether oxygens (including phenoxy) is 1. The summed E-state index contributed by atoms with van der Waals surface area (Å²) < 4.78 is 5.92. The molecule has 2 bridgehead atoms. The molecule has 0 N–H and O–H groups in total. The molecule has 0 radical (unpaired) electrons. The van der Waals surface area contributed by atoms with Crippen LogP contribution in [0.2, 0.25) is 0 Å². The fourth-order valence-electron chi connectivity index (χ4n) is 3.43. The van der Waals surface area contributed by atoms with Crippen LogP contribution in [0.1, 0.15) is 38.5 Å². The smallest absolute Gasteiger partial charge is 0.0611 e. The van der Waals surface area contributed by atoms with Crippen LogP contribution in [0.5, 0.6) is 0 Å². The summed E-state index contributed by atoms with van der Waals surface area (Å²) in [6.45, 7) is 0. The molecule has 1 nitrogen and oxygen atoms in total. The molecule has 0 spiro atoms. The quantitative estimate of drug-likeness (QED) is 0.517. The molecule has 0 aromatic rings. The topological polar surface area (TPSA) is 9.23 Å². The zero-order valence-corrected chi connectivity index (χ0v) is 6.96. The monoisotopic (exact) mass is 152 g/mol. The van der Waals surface area contributed by atoms with E-state index >= 15 is 0 Å². The van der Waals surface area contributed by atoms with Gasteiger partial charge in [0.1, 0.15) is 0 Å². The zero-order chi connectivity index (χ0) is 7.26. The highest BCUT2D eigenvalue weighted by Crippen LogP contribution is 2.49. The van der Waals surface area contributed by atoms with Crippen LogP contribution in [0.15, 0.2) is 0 Å². The van der Waals surface area contributed by atoms with Gasteiger partial charge in [-0.15, -0.1) is 0 Å². The van der Waals surface area contributed by atoms with Crippen LogP contribution in [-0.4, -0.2) is 12.2 Å². The fourth-order valence-corrected chi connectivity index (χ4v) is 3.43. The molecule has 3 aliphatic rings. The van der Waals surface area contributed by atoms with Crippen molar-refractivity contribution in [1.29, 1.82) is 0 Å². The van der Waals surface area contributed by atoms with Crippen molar-refractivity contribution < 1.29 is 4.74 Å². The maximum atomic E-state index is 5.92. The number of hydrogen-bond donors (Lipinski definition) is 0. The van der Waals surface area contributed by atoms with Gasteiger partial charge < -0.3 is 4.74 Å². The van der Waals surface area contributed by atoms with Gasteiger partial charge in [-0.3, -0.25) is 0 Å². The Morgan fingerprint density at radius 3 is 1.82 bits per heavy atom. The molecule has 2 saturated heterocycles. The van der Waals surface area contributed by atoms with E-state index in [1.807, 2.05) is 0 Å².